The Kier molecular flexibility index (Phi) is 2.82. The molecule has 3 aliphatic heterocycles. The first-order chi connectivity index (χ1) is 6.70. The molecule has 0 saturated carbocycles. The Morgan fingerprint density at radius 1 is 1.50 bits per heavy atom. The van der Waals surface area contributed by atoms with E-state index >= 15 is 0 Å². The standard InChI is InChI=1S/C11H22N2O/c1-2-9(7-12)11(14)8-13-5-3-10(11)4-6-13/h9-10,14H,2-8,12H2,1H3. The van der Waals surface area contributed by atoms with Gasteiger partial charge in [0.05, 0.1) is 5.60 Å². The molecule has 3 heteroatoms. The molecule has 3 heterocycles. The summed E-state index contributed by atoms with van der Waals surface area (Å²) in [6.07, 6.45) is 3.32. The number of fused-ring (bicyclic) bond motifs is 3. The molecule has 2 atom stereocenters. The second-order valence-electron chi connectivity index (χ2n) is 4.88. The third-order valence-electron chi connectivity index (χ3n) is 4.26. The first-order valence-electron chi connectivity index (χ1n) is 5.85. The molecule has 2 bridgehead atoms. The number of nitrogens with two attached hydrogens (primary N) is 1. The number of piperidine rings is 3. The summed E-state index contributed by atoms with van der Waals surface area (Å²) in [5, 5.41) is 10.7. The summed E-state index contributed by atoms with van der Waals surface area (Å²) in [6.45, 7) is 5.96. The second-order valence-corrected chi connectivity index (χ2v) is 4.88. The smallest absolute Gasteiger partial charge is 0.0842 e. The first kappa shape index (κ1) is 10.4. The Morgan fingerprint density at radius 2 is 2.14 bits per heavy atom. The van der Waals surface area contributed by atoms with Gasteiger partial charge in [-0.1, -0.05) is 6.92 Å². The monoisotopic (exact) mass is 198 g/mol. The van der Waals surface area contributed by atoms with Crippen molar-refractivity contribution >= 4 is 0 Å². The van der Waals surface area contributed by atoms with E-state index in [-0.39, 0.29) is 5.92 Å². The highest BCUT2D eigenvalue weighted by molar-refractivity contribution is 5.01. The van der Waals surface area contributed by atoms with Gasteiger partial charge in [0.1, 0.15) is 0 Å². The minimum absolute atomic E-state index is 0.288. The maximum atomic E-state index is 10.7. The van der Waals surface area contributed by atoms with Crippen LogP contribution in [0, 0.1) is 11.8 Å². The fourth-order valence-electron chi connectivity index (χ4n) is 3.26. The zero-order valence-electron chi connectivity index (χ0n) is 9.08. The van der Waals surface area contributed by atoms with E-state index in [1.807, 2.05) is 0 Å². The molecule has 0 radical (unpaired) electrons. The molecule has 0 aromatic heterocycles. The van der Waals surface area contributed by atoms with Gasteiger partial charge in [0, 0.05) is 12.5 Å². The molecule has 3 nitrogen and oxygen atoms in total. The second kappa shape index (κ2) is 3.80. The molecule has 3 N–H and O–H groups in total. The minimum atomic E-state index is -0.486. The van der Waals surface area contributed by atoms with E-state index in [0.29, 0.717) is 12.5 Å². The molecule has 82 valence electrons. The van der Waals surface area contributed by atoms with Gasteiger partial charge in [-0.25, -0.2) is 0 Å². The zero-order valence-corrected chi connectivity index (χ0v) is 9.08. The Morgan fingerprint density at radius 3 is 2.50 bits per heavy atom. The van der Waals surface area contributed by atoms with Crippen LogP contribution in [0.3, 0.4) is 0 Å². The SMILES string of the molecule is CCC(CN)C1(O)CN2CCC1CC2. The Bertz CT molecular complexity index is 193. The Hall–Kier alpha value is -0.120. The van der Waals surface area contributed by atoms with E-state index in [0.717, 1.165) is 25.8 Å². The van der Waals surface area contributed by atoms with Crippen LogP contribution in [0.1, 0.15) is 26.2 Å². The topological polar surface area (TPSA) is 49.5 Å². The lowest BCUT2D eigenvalue weighted by Crippen LogP contribution is -2.63. The maximum absolute atomic E-state index is 10.7. The number of hydrogen-bond acceptors (Lipinski definition) is 3. The molecule has 3 aliphatic rings. The summed E-state index contributed by atoms with van der Waals surface area (Å²) in [5.41, 5.74) is 5.27. The summed E-state index contributed by atoms with van der Waals surface area (Å²) in [7, 11) is 0. The van der Waals surface area contributed by atoms with Gasteiger partial charge in [-0.3, -0.25) is 0 Å². The van der Waals surface area contributed by atoms with Gasteiger partial charge < -0.3 is 15.7 Å². The minimum Gasteiger partial charge on any atom is -0.388 e. The van der Waals surface area contributed by atoms with Crippen molar-refractivity contribution in [1.29, 1.82) is 0 Å². The van der Waals surface area contributed by atoms with Crippen LogP contribution in [0.15, 0.2) is 0 Å². The van der Waals surface area contributed by atoms with Crippen LogP contribution in [-0.2, 0) is 0 Å². The van der Waals surface area contributed by atoms with Crippen LogP contribution in [0.5, 0.6) is 0 Å². The number of hydrogen-bond donors (Lipinski definition) is 2. The summed E-state index contributed by atoms with van der Waals surface area (Å²) in [6, 6.07) is 0. The lowest BCUT2D eigenvalue weighted by Gasteiger charge is -2.53. The van der Waals surface area contributed by atoms with Crippen molar-refractivity contribution in [3.8, 4) is 0 Å². The highest BCUT2D eigenvalue weighted by Crippen LogP contribution is 2.40. The zero-order chi connectivity index (χ0) is 10.2. The summed E-state index contributed by atoms with van der Waals surface area (Å²) < 4.78 is 0. The van der Waals surface area contributed by atoms with Crippen LogP contribution in [0.2, 0.25) is 0 Å². The molecule has 3 fully saturated rings. The van der Waals surface area contributed by atoms with Gasteiger partial charge in [0.25, 0.3) is 0 Å². The van der Waals surface area contributed by atoms with Gasteiger partial charge in [-0.05, 0) is 44.8 Å². The summed E-state index contributed by atoms with van der Waals surface area (Å²) in [4.78, 5) is 2.39. The fraction of sp³-hybridized carbons (Fsp3) is 1.00. The Balaban J connectivity index is 2.14. The molecule has 14 heavy (non-hydrogen) atoms. The number of nitrogens with zero attached hydrogens (tertiary/aromatic N) is 1. The molecular weight excluding hydrogens is 176 g/mol. The molecule has 0 amide bonds. The lowest BCUT2D eigenvalue weighted by atomic mass is 9.68. The predicted molar refractivity (Wildman–Crippen MR) is 56.9 cm³/mol. The van der Waals surface area contributed by atoms with Crippen LogP contribution >= 0.6 is 0 Å². The van der Waals surface area contributed by atoms with Crippen molar-refractivity contribution in [1.82, 2.24) is 4.90 Å². The summed E-state index contributed by atoms with van der Waals surface area (Å²) >= 11 is 0. The van der Waals surface area contributed by atoms with Crippen molar-refractivity contribution in [2.24, 2.45) is 17.6 Å². The van der Waals surface area contributed by atoms with Crippen molar-refractivity contribution < 1.29 is 5.11 Å². The van der Waals surface area contributed by atoms with E-state index in [9.17, 15) is 5.11 Å². The average molecular weight is 198 g/mol. The highest BCUT2D eigenvalue weighted by Gasteiger charge is 2.48. The number of rotatable bonds is 3. The predicted octanol–water partition coefficient (Wildman–Crippen LogP) is 0.428. The van der Waals surface area contributed by atoms with Crippen molar-refractivity contribution in [3.63, 3.8) is 0 Å². The largest absolute Gasteiger partial charge is 0.388 e. The van der Waals surface area contributed by atoms with E-state index in [1.165, 1.54) is 13.1 Å². The van der Waals surface area contributed by atoms with Crippen LogP contribution in [0.4, 0.5) is 0 Å². The molecular formula is C11H22N2O. The van der Waals surface area contributed by atoms with Gasteiger partial charge >= 0.3 is 0 Å². The van der Waals surface area contributed by atoms with Crippen molar-refractivity contribution in [2.45, 2.75) is 31.8 Å². The maximum Gasteiger partial charge on any atom is 0.0842 e. The summed E-state index contributed by atoms with van der Waals surface area (Å²) in [5.74, 6) is 0.789. The normalized spacial score (nSPS) is 43.9. The van der Waals surface area contributed by atoms with Crippen LogP contribution in [0.25, 0.3) is 0 Å². The fourth-order valence-corrected chi connectivity index (χ4v) is 3.26. The van der Waals surface area contributed by atoms with Gasteiger partial charge in [-0.15, -0.1) is 0 Å². The van der Waals surface area contributed by atoms with Crippen molar-refractivity contribution in [3.05, 3.63) is 0 Å². The van der Waals surface area contributed by atoms with E-state index < -0.39 is 5.60 Å². The molecule has 0 aromatic rings. The average Bonchev–Trinajstić information content (AvgIpc) is 2.20. The molecule has 0 aromatic carbocycles. The highest BCUT2D eigenvalue weighted by atomic mass is 16.3. The van der Waals surface area contributed by atoms with Gasteiger partial charge in [0.2, 0.25) is 0 Å². The third kappa shape index (κ3) is 1.47. The first-order valence-corrected chi connectivity index (χ1v) is 5.85. The van der Waals surface area contributed by atoms with E-state index in [1.54, 1.807) is 0 Å². The van der Waals surface area contributed by atoms with E-state index in [4.69, 9.17) is 5.73 Å². The van der Waals surface area contributed by atoms with Gasteiger partial charge in [-0.2, -0.15) is 0 Å². The van der Waals surface area contributed by atoms with Crippen LogP contribution in [-0.4, -0.2) is 41.8 Å². The molecule has 2 unspecified atom stereocenters. The quantitative estimate of drug-likeness (QED) is 0.691. The molecule has 0 aliphatic carbocycles. The third-order valence-corrected chi connectivity index (χ3v) is 4.26. The number of aliphatic hydroxyl groups is 1. The van der Waals surface area contributed by atoms with Crippen molar-refractivity contribution in [2.75, 3.05) is 26.2 Å². The lowest BCUT2D eigenvalue weighted by molar-refractivity contribution is -0.145. The Labute approximate surface area is 86.3 Å². The molecule has 0 spiro atoms. The van der Waals surface area contributed by atoms with E-state index in [2.05, 4.69) is 11.8 Å². The van der Waals surface area contributed by atoms with Crippen LogP contribution < -0.4 is 5.73 Å². The molecule has 3 saturated heterocycles. The molecule has 3 rings (SSSR count). The van der Waals surface area contributed by atoms with Gasteiger partial charge in [0.15, 0.2) is 0 Å².